The first-order valence-electron chi connectivity index (χ1n) is 11.1. The van der Waals surface area contributed by atoms with Crippen LogP contribution in [0.15, 0.2) is 66.7 Å². The molecule has 7 heteroatoms. The molecule has 1 heterocycles. The number of nitrogens with zero attached hydrogens (tertiary/aromatic N) is 2. The van der Waals surface area contributed by atoms with E-state index in [1.165, 1.54) is 4.88 Å². The zero-order valence-corrected chi connectivity index (χ0v) is 19.8. The molecule has 1 aliphatic rings. The third kappa shape index (κ3) is 6.14. The highest BCUT2D eigenvalue weighted by Gasteiger charge is 2.35. The molecule has 0 aliphatic heterocycles. The Morgan fingerprint density at radius 2 is 1.73 bits per heavy atom. The Kier molecular flexibility index (Phi) is 7.29. The summed E-state index contributed by atoms with van der Waals surface area (Å²) in [4.78, 5) is 32.4. The summed E-state index contributed by atoms with van der Waals surface area (Å²) >= 11 is 1.69. The van der Waals surface area contributed by atoms with Crippen molar-refractivity contribution in [3.8, 4) is 5.75 Å². The normalized spacial score (nSPS) is 12.8. The molecule has 0 unspecified atom stereocenters. The van der Waals surface area contributed by atoms with Crippen LogP contribution in [0.3, 0.4) is 0 Å². The minimum absolute atomic E-state index is 0.0445. The van der Waals surface area contributed by atoms with E-state index < -0.39 is 0 Å². The molecule has 1 saturated carbocycles. The summed E-state index contributed by atoms with van der Waals surface area (Å²) in [7, 11) is 1.57. The highest BCUT2D eigenvalue weighted by Crippen LogP contribution is 2.29. The Morgan fingerprint density at radius 3 is 2.39 bits per heavy atom. The van der Waals surface area contributed by atoms with E-state index in [9.17, 15) is 9.59 Å². The standard InChI is InChI=1S/C26H29N3O3S/c1-19-12-15-22(33-19)17-28(16-20-8-4-3-5-9-20)25(30)18-29(21-13-14-21)26(31)27-23-10-6-7-11-24(23)32-2/h3-12,15,21H,13-14,16-18H2,1-2H3,(H,27,31). The van der Waals surface area contributed by atoms with Gasteiger partial charge in [-0.15, -0.1) is 11.3 Å². The van der Waals surface area contributed by atoms with Gasteiger partial charge in [-0.2, -0.15) is 0 Å². The van der Waals surface area contributed by atoms with E-state index in [0.29, 0.717) is 24.5 Å². The average molecular weight is 464 g/mol. The molecule has 0 saturated heterocycles. The van der Waals surface area contributed by atoms with Gasteiger partial charge >= 0.3 is 6.03 Å². The van der Waals surface area contributed by atoms with Crippen LogP contribution in [0.1, 0.15) is 28.2 Å². The van der Waals surface area contributed by atoms with E-state index in [0.717, 1.165) is 23.3 Å². The van der Waals surface area contributed by atoms with Gasteiger partial charge in [-0.25, -0.2) is 4.79 Å². The lowest BCUT2D eigenvalue weighted by Gasteiger charge is -2.28. The van der Waals surface area contributed by atoms with E-state index in [1.807, 2.05) is 47.4 Å². The van der Waals surface area contributed by atoms with Crippen molar-refractivity contribution in [3.63, 3.8) is 0 Å². The molecule has 1 aromatic heterocycles. The Bertz CT molecular complexity index is 1090. The summed E-state index contributed by atoms with van der Waals surface area (Å²) in [6.07, 6.45) is 1.82. The van der Waals surface area contributed by atoms with E-state index >= 15 is 0 Å². The second kappa shape index (κ2) is 10.5. The van der Waals surface area contributed by atoms with Gasteiger partial charge in [-0.3, -0.25) is 4.79 Å². The number of urea groups is 1. The number of nitrogens with one attached hydrogen (secondary N) is 1. The van der Waals surface area contributed by atoms with Crippen molar-refractivity contribution in [1.29, 1.82) is 0 Å². The number of carbonyl (C=O) groups excluding carboxylic acids is 2. The predicted molar refractivity (Wildman–Crippen MR) is 131 cm³/mol. The molecule has 0 radical (unpaired) electrons. The molecule has 0 bridgehead atoms. The Labute approximate surface area is 198 Å². The van der Waals surface area contributed by atoms with Gasteiger partial charge in [0.25, 0.3) is 0 Å². The molecule has 1 aliphatic carbocycles. The number of methoxy groups -OCH3 is 1. The molecule has 3 amide bonds. The number of aryl methyl sites for hydroxylation is 1. The summed E-state index contributed by atoms with van der Waals surface area (Å²) in [5.41, 5.74) is 1.66. The zero-order valence-electron chi connectivity index (χ0n) is 19.0. The maximum absolute atomic E-state index is 13.5. The Hall–Kier alpha value is -3.32. The van der Waals surface area contributed by atoms with Gasteiger partial charge in [0.15, 0.2) is 0 Å². The monoisotopic (exact) mass is 463 g/mol. The number of thiophene rings is 1. The molecule has 1 N–H and O–H groups in total. The largest absolute Gasteiger partial charge is 0.495 e. The number of amides is 3. The lowest BCUT2D eigenvalue weighted by molar-refractivity contribution is -0.133. The maximum Gasteiger partial charge on any atom is 0.322 e. The van der Waals surface area contributed by atoms with E-state index in [2.05, 4.69) is 24.4 Å². The van der Waals surface area contributed by atoms with Crippen molar-refractivity contribution in [2.24, 2.45) is 0 Å². The van der Waals surface area contributed by atoms with Crippen LogP contribution < -0.4 is 10.1 Å². The number of benzene rings is 2. The fraction of sp³-hybridized carbons (Fsp3) is 0.308. The van der Waals surface area contributed by atoms with Crippen molar-refractivity contribution in [1.82, 2.24) is 9.80 Å². The number of hydrogen-bond donors (Lipinski definition) is 1. The number of para-hydroxylation sites is 2. The first-order chi connectivity index (χ1) is 16.0. The van der Waals surface area contributed by atoms with Crippen molar-refractivity contribution in [2.75, 3.05) is 19.0 Å². The minimum Gasteiger partial charge on any atom is -0.495 e. The summed E-state index contributed by atoms with van der Waals surface area (Å²) < 4.78 is 5.35. The SMILES string of the molecule is COc1ccccc1NC(=O)N(CC(=O)N(Cc1ccccc1)Cc1ccc(C)s1)C1CC1. The summed E-state index contributed by atoms with van der Waals surface area (Å²) in [5.74, 6) is 0.527. The molecular formula is C26H29N3O3S. The number of anilines is 1. The molecule has 6 nitrogen and oxygen atoms in total. The van der Waals surface area contributed by atoms with Crippen molar-refractivity contribution in [3.05, 3.63) is 82.0 Å². The first-order valence-corrected chi connectivity index (χ1v) is 11.9. The van der Waals surface area contributed by atoms with Crippen LogP contribution in [-0.4, -0.2) is 41.4 Å². The summed E-state index contributed by atoms with van der Waals surface area (Å²) in [6.45, 7) is 3.14. The third-order valence-corrected chi connectivity index (χ3v) is 6.60. The van der Waals surface area contributed by atoms with Crippen molar-refractivity contribution < 1.29 is 14.3 Å². The van der Waals surface area contributed by atoms with E-state index in [-0.39, 0.29) is 24.5 Å². The number of rotatable bonds is 9. The summed E-state index contributed by atoms with van der Waals surface area (Å²) in [5, 5.41) is 2.92. The number of hydrogen-bond acceptors (Lipinski definition) is 4. The van der Waals surface area contributed by atoms with Crippen LogP contribution in [0.5, 0.6) is 5.75 Å². The smallest absolute Gasteiger partial charge is 0.322 e. The minimum atomic E-state index is -0.276. The highest BCUT2D eigenvalue weighted by atomic mass is 32.1. The second-order valence-corrected chi connectivity index (χ2v) is 9.61. The van der Waals surface area contributed by atoms with Crippen LogP contribution in [0, 0.1) is 6.92 Å². The van der Waals surface area contributed by atoms with E-state index in [4.69, 9.17) is 4.74 Å². The van der Waals surface area contributed by atoms with Gasteiger partial charge in [-0.05, 0) is 49.6 Å². The Morgan fingerprint density at radius 1 is 1.00 bits per heavy atom. The van der Waals surface area contributed by atoms with Gasteiger partial charge in [0.2, 0.25) is 5.91 Å². The lowest BCUT2D eigenvalue weighted by atomic mass is 10.2. The molecule has 33 heavy (non-hydrogen) atoms. The van der Waals surface area contributed by atoms with Gasteiger partial charge in [-0.1, -0.05) is 42.5 Å². The van der Waals surface area contributed by atoms with Crippen molar-refractivity contribution in [2.45, 2.75) is 38.9 Å². The van der Waals surface area contributed by atoms with Crippen LogP contribution >= 0.6 is 11.3 Å². The van der Waals surface area contributed by atoms with Gasteiger partial charge in [0.1, 0.15) is 12.3 Å². The molecule has 2 aromatic carbocycles. The fourth-order valence-corrected chi connectivity index (χ4v) is 4.63. The third-order valence-electron chi connectivity index (χ3n) is 5.61. The van der Waals surface area contributed by atoms with Gasteiger partial charge in [0, 0.05) is 22.3 Å². The Balaban J connectivity index is 1.49. The molecule has 1 fully saturated rings. The molecule has 3 aromatic rings. The maximum atomic E-state index is 13.5. The second-order valence-electron chi connectivity index (χ2n) is 8.24. The van der Waals surface area contributed by atoms with Crippen LogP contribution in [-0.2, 0) is 17.9 Å². The quantitative estimate of drug-likeness (QED) is 0.469. The highest BCUT2D eigenvalue weighted by molar-refractivity contribution is 7.11. The fourth-order valence-electron chi connectivity index (χ4n) is 3.73. The molecule has 172 valence electrons. The predicted octanol–water partition coefficient (Wildman–Crippen LogP) is 5.29. The van der Waals surface area contributed by atoms with Crippen LogP contribution in [0.4, 0.5) is 10.5 Å². The topological polar surface area (TPSA) is 61.9 Å². The first kappa shape index (κ1) is 22.9. The van der Waals surface area contributed by atoms with Crippen LogP contribution in [0.2, 0.25) is 0 Å². The molecule has 0 atom stereocenters. The summed E-state index contributed by atoms with van der Waals surface area (Å²) in [6, 6.07) is 21.2. The molecular weight excluding hydrogens is 434 g/mol. The number of carbonyl (C=O) groups is 2. The molecule has 4 rings (SSSR count). The average Bonchev–Trinajstić information content (AvgIpc) is 3.58. The molecule has 0 spiro atoms. The van der Waals surface area contributed by atoms with Gasteiger partial charge < -0.3 is 19.9 Å². The van der Waals surface area contributed by atoms with E-state index in [1.54, 1.807) is 35.5 Å². The lowest BCUT2D eigenvalue weighted by Crippen LogP contribution is -2.45. The van der Waals surface area contributed by atoms with Crippen molar-refractivity contribution >= 4 is 29.0 Å². The number of ether oxygens (including phenoxy) is 1. The van der Waals surface area contributed by atoms with Crippen LogP contribution in [0.25, 0.3) is 0 Å². The van der Waals surface area contributed by atoms with Gasteiger partial charge in [0.05, 0.1) is 19.3 Å². The zero-order chi connectivity index (χ0) is 23.2.